The lowest BCUT2D eigenvalue weighted by molar-refractivity contribution is 0.120. The molecule has 1 rings (SSSR count). The second-order valence-corrected chi connectivity index (χ2v) is 3.64. The first-order chi connectivity index (χ1) is 5.25. The van der Waals surface area contributed by atoms with Crippen LogP contribution in [0.4, 0.5) is 0 Å². The molecule has 65 valence electrons. The summed E-state index contributed by atoms with van der Waals surface area (Å²) in [6.45, 7) is 9.84. The van der Waals surface area contributed by atoms with Gasteiger partial charge in [-0.15, -0.1) is 0 Å². The zero-order chi connectivity index (χ0) is 8.27. The van der Waals surface area contributed by atoms with E-state index in [4.69, 9.17) is 0 Å². The fourth-order valence-corrected chi connectivity index (χ4v) is 2.04. The van der Waals surface area contributed by atoms with Gasteiger partial charge in [-0.2, -0.15) is 0 Å². The van der Waals surface area contributed by atoms with E-state index in [1.54, 1.807) is 0 Å². The summed E-state index contributed by atoms with van der Waals surface area (Å²) in [5.41, 5.74) is 0. The number of rotatable bonds is 2. The second-order valence-electron chi connectivity index (χ2n) is 3.64. The SMILES string of the molecule is [CH2]C(C)N1CCCCC1CC. The molecule has 0 saturated carbocycles. The molecule has 1 heteroatoms. The average molecular weight is 154 g/mol. The lowest BCUT2D eigenvalue weighted by Gasteiger charge is -2.38. The fourth-order valence-electron chi connectivity index (χ4n) is 2.04. The van der Waals surface area contributed by atoms with Crippen molar-refractivity contribution in [3.8, 4) is 0 Å². The second kappa shape index (κ2) is 4.10. The molecule has 1 fully saturated rings. The highest BCUT2D eigenvalue weighted by atomic mass is 15.2. The monoisotopic (exact) mass is 154 g/mol. The molecule has 0 amide bonds. The fraction of sp³-hybridized carbons (Fsp3) is 0.900. The van der Waals surface area contributed by atoms with E-state index in [1.807, 2.05) is 0 Å². The lowest BCUT2D eigenvalue weighted by Crippen LogP contribution is -2.43. The maximum atomic E-state index is 4.09. The third kappa shape index (κ3) is 2.19. The Balaban J connectivity index is 2.44. The molecule has 0 aliphatic carbocycles. The maximum absolute atomic E-state index is 4.09. The number of likely N-dealkylation sites (tertiary alicyclic amines) is 1. The minimum absolute atomic E-state index is 0.500. The van der Waals surface area contributed by atoms with Gasteiger partial charge in [0, 0.05) is 12.1 Å². The van der Waals surface area contributed by atoms with E-state index >= 15 is 0 Å². The van der Waals surface area contributed by atoms with E-state index in [1.165, 1.54) is 32.2 Å². The van der Waals surface area contributed by atoms with Crippen molar-refractivity contribution >= 4 is 0 Å². The van der Waals surface area contributed by atoms with Gasteiger partial charge < -0.3 is 0 Å². The Morgan fingerprint density at radius 1 is 1.55 bits per heavy atom. The van der Waals surface area contributed by atoms with E-state index in [9.17, 15) is 0 Å². The molecule has 1 saturated heterocycles. The first kappa shape index (κ1) is 9.05. The summed E-state index contributed by atoms with van der Waals surface area (Å²) < 4.78 is 0. The number of hydrogen-bond donors (Lipinski definition) is 0. The Kier molecular flexibility index (Phi) is 3.38. The van der Waals surface area contributed by atoms with E-state index in [2.05, 4.69) is 25.7 Å². The zero-order valence-electron chi connectivity index (χ0n) is 7.84. The summed E-state index contributed by atoms with van der Waals surface area (Å²) in [5, 5.41) is 0. The van der Waals surface area contributed by atoms with Crippen molar-refractivity contribution in [2.24, 2.45) is 0 Å². The normalized spacial score (nSPS) is 27.8. The number of hydrogen-bond acceptors (Lipinski definition) is 1. The molecule has 0 spiro atoms. The summed E-state index contributed by atoms with van der Waals surface area (Å²) in [5.74, 6) is 0. The molecule has 0 bridgehead atoms. The molecule has 1 radical (unpaired) electrons. The van der Waals surface area contributed by atoms with Gasteiger partial charge in [-0.05, 0) is 39.7 Å². The van der Waals surface area contributed by atoms with Crippen LogP contribution in [-0.4, -0.2) is 23.5 Å². The third-order valence-corrected chi connectivity index (χ3v) is 2.71. The van der Waals surface area contributed by atoms with Crippen molar-refractivity contribution in [1.29, 1.82) is 0 Å². The Morgan fingerprint density at radius 3 is 2.73 bits per heavy atom. The van der Waals surface area contributed by atoms with Crippen molar-refractivity contribution in [3.05, 3.63) is 6.92 Å². The van der Waals surface area contributed by atoms with Crippen LogP contribution in [0.1, 0.15) is 39.5 Å². The maximum Gasteiger partial charge on any atom is 0.00954 e. The Labute approximate surface area is 70.8 Å². The van der Waals surface area contributed by atoms with Crippen molar-refractivity contribution in [1.82, 2.24) is 4.90 Å². The molecule has 0 aromatic heterocycles. The molecule has 1 nitrogen and oxygen atoms in total. The molecule has 11 heavy (non-hydrogen) atoms. The van der Waals surface area contributed by atoms with Crippen LogP contribution in [-0.2, 0) is 0 Å². The van der Waals surface area contributed by atoms with Gasteiger partial charge in [0.25, 0.3) is 0 Å². The van der Waals surface area contributed by atoms with Crippen molar-refractivity contribution in [2.75, 3.05) is 6.54 Å². The molecule has 0 aromatic rings. The minimum atomic E-state index is 0.500. The standard InChI is InChI=1S/C10H20N/c1-4-10-7-5-6-8-11(10)9(2)3/h9-10H,2,4-8H2,1,3H3. The molecule has 1 aliphatic rings. The van der Waals surface area contributed by atoms with Crippen LogP contribution in [0.2, 0.25) is 0 Å². The molecule has 1 aliphatic heterocycles. The topological polar surface area (TPSA) is 3.24 Å². The molecule has 0 aromatic carbocycles. The third-order valence-electron chi connectivity index (χ3n) is 2.71. The highest BCUT2D eigenvalue weighted by molar-refractivity contribution is 4.80. The van der Waals surface area contributed by atoms with Crippen LogP contribution in [0.25, 0.3) is 0 Å². The smallest absolute Gasteiger partial charge is 0.00954 e. The minimum Gasteiger partial charge on any atom is -0.298 e. The molecular formula is C10H20N. The first-order valence-corrected chi connectivity index (χ1v) is 4.84. The molecular weight excluding hydrogens is 134 g/mol. The van der Waals surface area contributed by atoms with Crippen molar-refractivity contribution in [3.63, 3.8) is 0 Å². The van der Waals surface area contributed by atoms with Crippen LogP contribution in [0, 0.1) is 6.92 Å². The summed E-state index contributed by atoms with van der Waals surface area (Å²) in [6, 6.07) is 1.32. The van der Waals surface area contributed by atoms with Crippen LogP contribution in [0.15, 0.2) is 0 Å². The van der Waals surface area contributed by atoms with Gasteiger partial charge in [0.05, 0.1) is 0 Å². The summed E-state index contributed by atoms with van der Waals surface area (Å²) in [7, 11) is 0. The van der Waals surface area contributed by atoms with Gasteiger partial charge >= 0.3 is 0 Å². The molecule has 2 atom stereocenters. The Bertz CT molecular complexity index is 109. The van der Waals surface area contributed by atoms with Gasteiger partial charge in [-0.3, -0.25) is 4.90 Å². The zero-order valence-corrected chi connectivity index (χ0v) is 7.84. The van der Waals surface area contributed by atoms with Crippen LogP contribution in [0.3, 0.4) is 0 Å². The van der Waals surface area contributed by atoms with E-state index < -0.39 is 0 Å². The van der Waals surface area contributed by atoms with Crippen LogP contribution >= 0.6 is 0 Å². The lowest BCUT2D eigenvalue weighted by atomic mass is 9.98. The Hall–Kier alpha value is -0.0400. The van der Waals surface area contributed by atoms with Crippen LogP contribution < -0.4 is 0 Å². The molecule has 2 unspecified atom stereocenters. The van der Waals surface area contributed by atoms with E-state index in [-0.39, 0.29) is 0 Å². The van der Waals surface area contributed by atoms with E-state index in [0.29, 0.717) is 6.04 Å². The van der Waals surface area contributed by atoms with Crippen molar-refractivity contribution < 1.29 is 0 Å². The quantitative estimate of drug-likeness (QED) is 0.590. The summed E-state index contributed by atoms with van der Waals surface area (Å²) in [6.07, 6.45) is 5.47. The Morgan fingerprint density at radius 2 is 2.27 bits per heavy atom. The highest BCUT2D eigenvalue weighted by Crippen LogP contribution is 2.21. The first-order valence-electron chi connectivity index (χ1n) is 4.84. The number of piperidine rings is 1. The van der Waals surface area contributed by atoms with Gasteiger partial charge in [-0.1, -0.05) is 13.3 Å². The van der Waals surface area contributed by atoms with E-state index in [0.717, 1.165) is 6.04 Å². The summed E-state index contributed by atoms with van der Waals surface area (Å²) >= 11 is 0. The average Bonchev–Trinajstić information content (AvgIpc) is 2.04. The number of nitrogens with zero attached hydrogens (tertiary/aromatic N) is 1. The predicted octanol–water partition coefficient (Wildman–Crippen LogP) is 2.47. The van der Waals surface area contributed by atoms with Crippen LogP contribution in [0.5, 0.6) is 0 Å². The van der Waals surface area contributed by atoms with Crippen molar-refractivity contribution in [2.45, 2.75) is 51.6 Å². The largest absolute Gasteiger partial charge is 0.298 e. The van der Waals surface area contributed by atoms with Gasteiger partial charge in [0.1, 0.15) is 0 Å². The predicted molar refractivity (Wildman–Crippen MR) is 49.5 cm³/mol. The van der Waals surface area contributed by atoms with Gasteiger partial charge in [-0.25, -0.2) is 0 Å². The van der Waals surface area contributed by atoms with Gasteiger partial charge in [0.15, 0.2) is 0 Å². The van der Waals surface area contributed by atoms with Gasteiger partial charge in [0.2, 0.25) is 0 Å². The summed E-state index contributed by atoms with van der Waals surface area (Å²) in [4.78, 5) is 2.55. The molecule has 1 heterocycles. The highest BCUT2D eigenvalue weighted by Gasteiger charge is 2.22. The molecule has 0 N–H and O–H groups in total.